The molecule has 2 aliphatic heterocycles. The second-order valence-electron chi connectivity index (χ2n) is 11.5. The standard InChI is InChI=1S/C33H53NO7/c1-4-5-6-7-8-9-10-11-12-13-14-15-16-20-23-37-33-29(34-25(2)35)31(39-26(3)36)30-28(40-33)24-38-32(41-30)27-21-18-17-19-22-27/h17-19,21-22,28-33H,4-16,20,23-24H2,1-3H3,(H,34,35)/t28-,29-,30-,31-,32?,33-/m1/s1. The van der Waals surface area contributed by atoms with Gasteiger partial charge in [0.25, 0.3) is 0 Å². The van der Waals surface area contributed by atoms with Gasteiger partial charge in [-0.15, -0.1) is 0 Å². The number of hydrogen-bond donors (Lipinski definition) is 1. The van der Waals surface area contributed by atoms with Crippen molar-refractivity contribution in [3.63, 3.8) is 0 Å². The van der Waals surface area contributed by atoms with Gasteiger partial charge in [-0.25, -0.2) is 0 Å². The summed E-state index contributed by atoms with van der Waals surface area (Å²) in [5, 5.41) is 2.89. The fraction of sp³-hybridized carbons (Fsp3) is 0.758. The molecule has 1 amide bonds. The Morgan fingerprint density at radius 1 is 0.829 bits per heavy atom. The molecule has 8 nitrogen and oxygen atoms in total. The maximum absolute atomic E-state index is 12.1. The van der Waals surface area contributed by atoms with Gasteiger partial charge < -0.3 is 29.0 Å². The maximum atomic E-state index is 12.1. The molecule has 0 bridgehead atoms. The molecule has 8 heteroatoms. The summed E-state index contributed by atoms with van der Waals surface area (Å²) in [7, 11) is 0. The fourth-order valence-electron chi connectivity index (χ4n) is 5.71. The molecule has 6 atom stereocenters. The third-order valence-corrected chi connectivity index (χ3v) is 7.86. The molecule has 232 valence electrons. The normalized spacial score (nSPS) is 25.8. The summed E-state index contributed by atoms with van der Waals surface area (Å²) < 4.78 is 30.3. The van der Waals surface area contributed by atoms with E-state index in [-0.39, 0.29) is 12.5 Å². The minimum Gasteiger partial charge on any atom is -0.457 e. The van der Waals surface area contributed by atoms with Crippen molar-refractivity contribution in [1.82, 2.24) is 5.32 Å². The van der Waals surface area contributed by atoms with Crippen LogP contribution in [0.1, 0.15) is 123 Å². The number of carbonyl (C=O) groups excluding carboxylic acids is 2. The molecular weight excluding hydrogens is 522 g/mol. The summed E-state index contributed by atoms with van der Waals surface area (Å²) >= 11 is 0. The van der Waals surface area contributed by atoms with Gasteiger partial charge in [-0.3, -0.25) is 9.59 Å². The van der Waals surface area contributed by atoms with Crippen molar-refractivity contribution in [2.75, 3.05) is 13.2 Å². The number of amides is 1. The number of benzene rings is 1. The summed E-state index contributed by atoms with van der Waals surface area (Å²) in [5.41, 5.74) is 0.861. The van der Waals surface area contributed by atoms with Crippen LogP contribution in [0.5, 0.6) is 0 Å². The van der Waals surface area contributed by atoms with Crippen molar-refractivity contribution in [2.45, 2.75) is 148 Å². The van der Waals surface area contributed by atoms with E-state index in [0.29, 0.717) is 6.61 Å². The smallest absolute Gasteiger partial charge is 0.303 e. The first kappa shape index (κ1) is 33.5. The first-order chi connectivity index (χ1) is 20.0. The van der Waals surface area contributed by atoms with E-state index in [2.05, 4.69) is 12.2 Å². The van der Waals surface area contributed by atoms with Gasteiger partial charge in [0.2, 0.25) is 5.91 Å². The molecule has 2 heterocycles. The molecule has 1 N–H and O–H groups in total. The van der Waals surface area contributed by atoms with E-state index in [0.717, 1.165) is 18.4 Å². The molecule has 2 saturated heterocycles. The van der Waals surface area contributed by atoms with Gasteiger partial charge in [-0.1, -0.05) is 121 Å². The van der Waals surface area contributed by atoms with Gasteiger partial charge in [0.05, 0.1) is 6.61 Å². The summed E-state index contributed by atoms with van der Waals surface area (Å²) in [5.74, 6) is -0.714. The second kappa shape index (κ2) is 19.2. The van der Waals surface area contributed by atoms with E-state index in [4.69, 9.17) is 23.7 Å². The largest absolute Gasteiger partial charge is 0.457 e. The number of esters is 1. The highest BCUT2D eigenvalue weighted by molar-refractivity contribution is 5.73. The summed E-state index contributed by atoms with van der Waals surface area (Å²) in [6.07, 6.45) is 14.8. The maximum Gasteiger partial charge on any atom is 0.303 e. The molecule has 1 aromatic rings. The highest BCUT2D eigenvalue weighted by Gasteiger charge is 2.52. The quantitative estimate of drug-likeness (QED) is 0.144. The Bertz CT molecular complexity index is 866. The van der Waals surface area contributed by atoms with Gasteiger partial charge >= 0.3 is 5.97 Å². The van der Waals surface area contributed by atoms with Gasteiger partial charge in [0.1, 0.15) is 18.2 Å². The van der Waals surface area contributed by atoms with Crippen LogP contribution in [0.4, 0.5) is 0 Å². The molecule has 0 aromatic heterocycles. The Balaban J connectivity index is 1.40. The lowest BCUT2D eigenvalue weighted by Crippen LogP contribution is -2.67. The third kappa shape index (κ3) is 12.0. The fourth-order valence-corrected chi connectivity index (χ4v) is 5.71. The molecule has 2 aliphatic rings. The average Bonchev–Trinajstić information content (AvgIpc) is 2.96. The predicted molar refractivity (Wildman–Crippen MR) is 158 cm³/mol. The molecule has 0 saturated carbocycles. The van der Waals surface area contributed by atoms with E-state index < -0.39 is 42.9 Å². The zero-order chi connectivity index (χ0) is 29.3. The van der Waals surface area contributed by atoms with Gasteiger partial charge in [0, 0.05) is 26.0 Å². The number of carbonyl (C=O) groups is 2. The molecular formula is C33H53NO7. The van der Waals surface area contributed by atoms with Crippen LogP contribution in [0.3, 0.4) is 0 Å². The highest BCUT2D eigenvalue weighted by Crippen LogP contribution is 2.35. The number of nitrogens with one attached hydrogen (secondary N) is 1. The molecule has 1 aromatic carbocycles. The van der Waals surface area contributed by atoms with Crippen LogP contribution >= 0.6 is 0 Å². The van der Waals surface area contributed by atoms with E-state index >= 15 is 0 Å². The van der Waals surface area contributed by atoms with Crippen LogP contribution in [0.2, 0.25) is 0 Å². The van der Waals surface area contributed by atoms with Crippen LogP contribution in [-0.4, -0.2) is 55.7 Å². The molecule has 1 unspecified atom stereocenters. The van der Waals surface area contributed by atoms with Crippen molar-refractivity contribution >= 4 is 11.9 Å². The Morgan fingerprint density at radius 3 is 1.98 bits per heavy atom. The van der Waals surface area contributed by atoms with Gasteiger partial charge in [-0.05, 0) is 6.42 Å². The molecule has 0 radical (unpaired) electrons. The lowest BCUT2D eigenvalue weighted by Gasteiger charge is -2.48. The second-order valence-corrected chi connectivity index (χ2v) is 11.5. The summed E-state index contributed by atoms with van der Waals surface area (Å²) in [6, 6.07) is 8.89. The summed E-state index contributed by atoms with van der Waals surface area (Å²) in [6.45, 7) is 5.80. The van der Waals surface area contributed by atoms with Crippen LogP contribution < -0.4 is 5.32 Å². The number of unbranched alkanes of at least 4 members (excludes halogenated alkanes) is 13. The Hall–Kier alpha value is -2.00. The first-order valence-corrected chi connectivity index (χ1v) is 16.0. The number of fused-ring (bicyclic) bond motifs is 1. The zero-order valence-corrected chi connectivity index (χ0v) is 25.5. The van der Waals surface area contributed by atoms with Crippen molar-refractivity contribution in [3.05, 3.63) is 35.9 Å². The van der Waals surface area contributed by atoms with Crippen LogP contribution in [0, 0.1) is 0 Å². The molecule has 0 aliphatic carbocycles. The van der Waals surface area contributed by atoms with Crippen molar-refractivity contribution in [2.24, 2.45) is 0 Å². The van der Waals surface area contributed by atoms with Crippen LogP contribution in [-0.2, 0) is 33.3 Å². The average molecular weight is 576 g/mol. The van der Waals surface area contributed by atoms with E-state index in [1.165, 1.54) is 90.9 Å². The summed E-state index contributed by atoms with van der Waals surface area (Å²) in [4.78, 5) is 24.2. The van der Waals surface area contributed by atoms with E-state index in [1.807, 2.05) is 30.3 Å². The number of hydrogen-bond acceptors (Lipinski definition) is 7. The number of rotatable bonds is 19. The monoisotopic (exact) mass is 575 g/mol. The number of ether oxygens (including phenoxy) is 5. The zero-order valence-electron chi connectivity index (χ0n) is 25.5. The molecule has 3 rings (SSSR count). The SMILES string of the molecule is CCCCCCCCCCCCCCCCO[C@@H]1O[C@@H]2COC(c3ccccc3)O[C@H]2[C@H](OC(C)=O)[C@H]1NC(C)=O. The Morgan fingerprint density at radius 2 is 1.41 bits per heavy atom. The van der Waals surface area contributed by atoms with Crippen LogP contribution in [0.25, 0.3) is 0 Å². The Kier molecular flexibility index (Phi) is 15.7. The van der Waals surface area contributed by atoms with Crippen molar-refractivity contribution in [1.29, 1.82) is 0 Å². The molecule has 0 spiro atoms. The van der Waals surface area contributed by atoms with Crippen molar-refractivity contribution < 1.29 is 33.3 Å². The van der Waals surface area contributed by atoms with Gasteiger partial charge in [0.15, 0.2) is 18.7 Å². The predicted octanol–water partition coefficient (Wildman–Crippen LogP) is 6.76. The van der Waals surface area contributed by atoms with E-state index in [1.54, 1.807) is 0 Å². The molecule has 2 fully saturated rings. The lowest BCUT2D eigenvalue weighted by molar-refractivity contribution is -0.344. The van der Waals surface area contributed by atoms with Crippen molar-refractivity contribution in [3.8, 4) is 0 Å². The lowest BCUT2D eigenvalue weighted by atomic mass is 9.95. The Labute approximate surface area is 247 Å². The minimum atomic E-state index is -0.772. The first-order valence-electron chi connectivity index (χ1n) is 16.0. The minimum absolute atomic E-state index is 0.257. The third-order valence-electron chi connectivity index (χ3n) is 7.86. The highest BCUT2D eigenvalue weighted by atomic mass is 16.8. The van der Waals surface area contributed by atoms with Gasteiger partial charge in [-0.2, -0.15) is 0 Å². The van der Waals surface area contributed by atoms with Crippen LogP contribution in [0.15, 0.2) is 30.3 Å². The molecule has 41 heavy (non-hydrogen) atoms. The van der Waals surface area contributed by atoms with E-state index in [9.17, 15) is 9.59 Å². The topological polar surface area (TPSA) is 92.3 Å².